The second-order valence-electron chi connectivity index (χ2n) is 10.9. The van der Waals surface area contributed by atoms with Gasteiger partial charge in [0.15, 0.2) is 0 Å². The van der Waals surface area contributed by atoms with E-state index >= 15 is 0 Å². The molecule has 1 atom stereocenters. The molecule has 5 aromatic rings. The number of hydrogen-bond acceptors (Lipinski definition) is 6. The maximum atomic E-state index is 9.46. The highest BCUT2D eigenvalue weighted by Crippen LogP contribution is 2.36. The number of rotatable bonds is 9. The Morgan fingerprint density at radius 1 is 1.00 bits per heavy atom. The quantitative estimate of drug-likeness (QED) is 0.188. The van der Waals surface area contributed by atoms with Gasteiger partial charge in [-0.15, -0.1) is 0 Å². The predicted molar refractivity (Wildman–Crippen MR) is 160 cm³/mol. The fraction of sp³-hybridized carbons (Fsp3) is 0.242. The van der Waals surface area contributed by atoms with Crippen LogP contribution in [0.5, 0.6) is 11.6 Å². The second kappa shape index (κ2) is 11.6. The third kappa shape index (κ3) is 6.14. The number of pyridine rings is 1. The number of nitrogens with zero attached hydrogens (tertiary/aromatic N) is 4. The number of benzene rings is 3. The van der Waals surface area contributed by atoms with Crippen LogP contribution >= 0.6 is 0 Å². The number of imidazole rings is 1. The predicted octanol–water partition coefficient (Wildman–Crippen LogP) is 7.88. The Bertz CT molecular complexity index is 1630. The Morgan fingerprint density at radius 2 is 1.77 bits per heavy atom. The Balaban J connectivity index is 1.37. The lowest BCUT2D eigenvalue weighted by Gasteiger charge is -2.27. The van der Waals surface area contributed by atoms with E-state index in [4.69, 9.17) is 9.72 Å². The Hall–Kier alpha value is -4.67. The van der Waals surface area contributed by atoms with Crippen LogP contribution in [0.2, 0.25) is 0 Å². The van der Waals surface area contributed by atoms with Crippen molar-refractivity contribution in [1.29, 1.82) is 5.26 Å². The number of H-pyrrole nitrogens is 1. The number of aromatic amines is 1. The van der Waals surface area contributed by atoms with E-state index in [0.717, 1.165) is 27.9 Å². The molecule has 0 aliphatic heterocycles. The fourth-order valence-corrected chi connectivity index (χ4v) is 4.77. The summed E-state index contributed by atoms with van der Waals surface area (Å²) in [6.07, 6.45) is 1.72. The molecule has 202 valence electrons. The van der Waals surface area contributed by atoms with Gasteiger partial charge in [0.2, 0.25) is 11.8 Å². The topological polar surface area (TPSA) is 89.9 Å². The van der Waals surface area contributed by atoms with Crippen molar-refractivity contribution in [2.75, 3.05) is 11.9 Å². The average Bonchev–Trinajstić information content (AvgIpc) is 3.35. The van der Waals surface area contributed by atoms with Gasteiger partial charge in [0.1, 0.15) is 11.4 Å². The Morgan fingerprint density at radius 3 is 2.55 bits per heavy atom. The number of para-hydroxylation sites is 1. The number of ether oxygens (including phenoxy) is 1. The van der Waals surface area contributed by atoms with Gasteiger partial charge < -0.3 is 15.0 Å². The van der Waals surface area contributed by atoms with Crippen molar-refractivity contribution < 1.29 is 4.74 Å². The zero-order chi connectivity index (χ0) is 28.1. The second-order valence-corrected chi connectivity index (χ2v) is 10.9. The van der Waals surface area contributed by atoms with Crippen LogP contribution in [0.25, 0.3) is 11.0 Å². The van der Waals surface area contributed by atoms with Crippen LogP contribution in [0.3, 0.4) is 0 Å². The highest BCUT2D eigenvalue weighted by atomic mass is 16.5. The normalized spacial score (nSPS) is 12.3. The summed E-state index contributed by atoms with van der Waals surface area (Å²) in [5.41, 5.74) is 5.79. The molecule has 0 saturated heterocycles. The van der Waals surface area contributed by atoms with Crippen molar-refractivity contribution in [1.82, 2.24) is 19.9 Å². The van der Waals surface area contributed by atoms with E-state index in [2.05, 4.69) is 84.3 Å². The zero-order valence-corrected chi connectivity index (χ0v) is 23.3. The monoisotopic (exact) mass is 530 g/mol. The molecule has 0 spiro atoms. The van der Waals surface area contributed by atoms with Gasteiger partial charge >= 0.3 is 0 Å². The highest BCUT2D eigenvalue weighted by molar-refractivity contribution is 5.79. The van der Waals surface area contributed by atoms with Crippen LogP contribution in [-0.2, 0) is 12.0 Å². The van der Waals surface area contributed by atoms with Crippen molar-refractivity contribution in [2.45, 2.75) is 45.7 Å². The molecular formula is C33H34N6O. The van der Waals surface area contributed by atoms with Gasteiger partial charge in [-0.3, -0.25) is 4.90 Å². The van der Waals surface area contributed by atoms with E-state index in [0.29, 0.717) is 30.6 Å². The minimum absolute atomic E-state index is 0.0465. The van der Waals surface area contributed by atoms with E-state index < -0.39 is 0 Å². The van der Waals surface area contributed by atoms with Gasteiger partial charge in [0.05, 0.1) is 23.6 Å². The average molecular weight is 531 g/mol. The lowest BCUT2D eigenvalue weighted by molar-refractivity contribution is 0.228. The van der Waals surface area contributed by atoms with Crippen molar-refractivity contribution >= 4 is 22.7 Å². The molecule has 2 N–H and O–H groups in total. The molecule has 5 rings (SSSR count). The minimum Gasteiger partial charge on any atom is -0.437 e. The minimum atomic E-state index is -0.0730. The number of hydrogen-bond donors (Lipinski definition) is 2. The number of nitrogens with one attached hydrogen (secondary N) is 2. The molecule has 0 aliphatic carbocycles. The van der Waals surface area contributed by atoms with Crippen LogP contribution in [0.15, 0.2) is 91.1 Å². The number of fused-ring (bicyclic) bond motifs is 1. The van der Waals surface area contributed by atoms with Gasteiger partial charge in [-0.1, -0.05) is 75.4 Å². The number of anilines is 2. The molecule has 7 heteroatoms. The first-order valence-corrected chi connectivity index (χ1v) is 13.5. The van der Waals surface area contributed by atoms with Gasteiger partial charge in [-0.25, -0.2) is 9.97 Å². The van der Waals surface area contributed by atoms with Crippen LogP contribution in [0.4, 0.5) is 11.6 Å². The third-order valence-electron chi connectivity index (χ3n) is 6.96. The Kier molecular flexibility index (Phi) is 7.81. The molecule has 2 aromatic heterocycles. The molecule has 0 radical (unpaired) electrons. The smallest absolute Gasteiger partial charge is 0.243 e. The summed E-state index contributed by atoms with van der Waals surface area (Å²) in [6, 6.07) is 30.6. The van der Waals surface area contributed by atoms with E-state index in [1.54, 1.807) is 6.20 Å². The maximum Gasteiger partial charge on any atom is 0.243 e. The molecule has 0 bridgehead atoms. The van der Waals surface area contributed by atoms with Crippen LogP contribution in [0, 0.1) is 11.3 Å². The van der Waals surface area contributed by atoms with Crippen molar-refractivity contribution in [3.63, 3.8) is 0 Å². The summed E-state index contributed by atoms with van der Waals surface area (Å²) in [5, 5.41) is 12.8. The number of nitriles is 1. The molecule has 40 heavy (non-hydrogen) atoms. The lowest BCUT2D eigenvalue weighted by atomic mass is 9.86. The molecule has 2 heterocycles. The van der Waals surface area contributed by atoms with Crippen molar-refractivity contribution in [2.24, 2.45) is 0 Å². The van der Waals surface area contributed by atoms with Gasteiger partial charge in [-0.05, 0) is 53.8 Å². The van der Waals surface area contributed by atoms with Gasteiger partial charge in [0, 0.05) is 24.3 Å². The standard InChI is InChI=1S/C33H34N6O/c1-23(39(20-18-34)22-24-11-6-5-7-12-24)25-16-17-27-29(21-25)38-32(36-27)37-28-14-10-19-35-31(28)40-30-15-9-8-13-26(30)33(2,3)4/h5-17,19,21,23H,20,22H2,1-4H3,(H2,36,37,38). The van der Waals surface area contributed by atoms with Crippen molar-refractivity contribution in [3.05, 3.63) is 108 Å². The van der Waals surface area contributed by atoms with Crippen LogP contribution in [0.1, 0.15) is 50.4 Å². The first-order chi connectivity index (χ1) is 19.3. The lowest BCUT2D eigenvalue weighted by Crippen LogP contribution is -2.27. The summed E-state index contributed by atoms with van der Waals surface area (Å²) >= 11 is 0. The van der Waals surface area contributed by atoms with E-state index in [9.17, 15) is 5.26 Å². The van der Waals surface area contributed by atoms with Crippen LogP contribution < -0.4 is 10.1 Å². The van der Waals surface area contributed by atoms with E-state index in [-0.39, 0.29) is 11.5 Å². The molecule has 7 nitrogen and oxygen atoms in total. The van der Waals surface area contributed by atoms with E-state index in [1.807, 2.05) is 54.6 Å². The fourth-order valence-electron chi connectivity index (χ4n) is 4.77. The van der Waals surface area contributed by atoms with Gasteiger partial charge in [0.25, 0.3) is 0 Å². The molecule has 0 amide bonds. The molecule has 0 fully saturated rings. The summed E-state index contributed by atoms with van der Waals surface area (Å²) in [6.45, 7) is 9.66. The summed E-state index contributed by atoms with van der Waals surface area (Å²) in [5.74, 6) is 1.85. The maximum absolute atomic E-state index is 9.46. The third-order valence-corrected chi connectivity index (χ3v) is 6.96. The zero-order valence-electron chi connectivity index (χ0n) is 23.3. The van der Waals surface area contributed by atoms with Gasteiger partial charge in [-0.2, -0.15) is 5.26 Å². The molecule has 0 aliphatic rings. The molecule has 3 aromatic carbocycles. The highest BCUT2D eigenvalue weighted by Gasteiger charge is 2.21. The van der Waals surface area contributed by atoms with E-state index in [1.165, 1.54) is 5.56 Å². The van der Waals surface area contributed by atoms with Crippen molar-refractivity contribution in [3.8, 4) is 17.7 Å². The van der Waals surface area contributed by atoms with Crippen LogP contribution in [-0.4, -0.2) is 26.4 Å². The molecule has 0 saturated carbocycles. The summed E-state index contributed by atoms with van der Waals surface area (Å²) < 4.78 is 6.32. The summed E-state index contributed by atoms with van der Waals surface area (Å²) in [7, 11) is 0. The number of aromatic nitrogens is 3. The molecule has 1 unspecified atom stereocenters. The first kappa shape index (κ1) is 26.9. The molecular weight excluding hydrogens is 496 g/mol. The summed E-state index contributed by atoms with van der Waals surface area (Å²) in [4.78, 5) is 14.8. The Labute approximate surface area is 235 Å². The first-order valence-electron chi connectivity index (χ1n) is 13.5. The largest absolute Gasteiger partial charge is 0.437 e. The SMILES string of the molecule is CC(c1ccc2nc(Nc3cccnc3Oc3ccccc3C(C)(C)C)[nH]c2c1)N(CC#N)Cc1ccccc1.